The summed E-state index contributed by atoms with van der Waals surface area (Å²) in [6, 6.07) is 4.26. The standard InChI is InChI=1S/C14H18N4OS/c1-10-7-16-11(8-15-10)14(19)17-9-12(18(2)3)13-5-4-6-20-13/h4-8,12H,9H2,1-3H3,(H,17,19). The summed E-state index contributed by atoms with van der Waals surface area (Å²) in [4.78, 5) is 23.5. The fourth-order valence-electron chi connectivity index (χ4n) is 1.81. The Balaban J connectivity index is 1.99. The first-order valence-electron chi connectivity index (χ1n) is 6.34. The monoisotopic (exact) mass is 290 g/mol. The molecule has 2 rings (SSSR count). The summed E-state index contributed by atoms with van der Waals surface area (Å²) in [5.41, 5.74) is 1.14. The number of nitrogens with zero attached hydrogens (tertiary/aromatic N) is 3. The van der Waals surface area contributed by atoms with E-state index in [0.717, 1.165) is 5.69 Å². The van der Waals surface area contributed by atoms with Gasteiger partial charge in [-0.2, -0.15) is 0 Å². The second-order valence-corrected chi connectivity index (χ2v) is 5.73. The van der Waals surface area contributed by atoms with E-state index in [0.29, 0.717) is 12.2 Å². The van der Waals surface area contributed by atoms with Crippen molar-refractivity contribution in [3.8, 4) is 0 Å². The zero-order valence-electron chi connectivity index (χ0n) is 11.8. The predicted octanol–water partition coefficient (Wildman–Crippen LogP) is 1.88. The first kappa shape index (κ1) is 14.6. The lowest BCUT2D eigenvalue weighted by molar-refractivity contribution is 0.0937. The smallest absolute Gasteiger partial charge is 0.271 e. The second kappa shape index (κ2) is 6.58. The molecule has 5 nitrogen and oxygen atoms in total. The van der Waals surface area contributed by atoms with Crippen LogP contribution in [-0.2, 0) is 0 Å². The summed E-state index contributed by atoms with van der Waals surface area (Å²) < 4.78 is 0. The van der Waals surface area contributed by atoms with Gasteiger partial charge in [-0.25, -0.2) is 4.98 Å². The van der Waals surface area contributed by atoms with E-state index in [9.17, 15) is 4.79 Å². The molecule has 0 aromatic carbocycles. The number of carbonyl (C=O) groups is 1. The van der Waals surface area contributed by atoms with E-state index >= 15 is 0 Å². The molecule has 106 valence electrons. The Labute approximate surface area is 122 Å². The molecular weight excluding hydrogens is 272 g/mol. The van der Waals surface area contributed by atoms with E-state index in [-0.39, 0.29) is 11.9 Å². The molecule has 0 saturated carbocycles. The van der Waals surface area contributed by atoms with Crippen LogP contribution in [0.4, 0.5) is 0 Å². The van der Waals surface area contributed by atoms with Gasteiger partial charge in [0, 0.05) is 17.6 Å². The van der Waals surface area contributed by atoms with Crippen molar-refractivity contribution in [2.45, 2.75) is 13.0 Å². The number of nitrogens with one attached hydrogen (secondary N) is 1. The van der Waals surface area contributed by atoms with Gasteiger partial charge < -0.3 is 10.2 Å². The maximum Gasteiger partial charge on any atom is 0.271 e. The molecule has 0 aliphatic heterocycles. The van der Waals surface area contributed by atoms with Crippen molar-refractivity contribution in [3.63, 3.8) is 0 Å². The minimum absolute atomic E-state index is 0.164. The summed E-state index contributed by atoms with van der Waals surface area (Å²) >= 11 is 1.69. The summed E-state index contributed by atoms with van der Waals surface area (Å²) in [5.74, 6) is -0.194. The lowest BCUT2D eigenvalue weighted by Crippen LogP contribution is -2.34. The van der Waals surface area contributed by atoms with Gasteiger partial charge in [0.1, 0.15) is 5.69 Å². The fraction of sp³-hybridized carbons (Fsp3) is 0.357. The van der Waals surface area contributed by atoms with E-state index in [1.54, 1.807) is 17.5 Å². The number of amides is 1. The number of aryl methyl sites for hydroxylation is 1. The van der Waals surface area contributed by atoms with Crippen molar-refractivity contribution in [1.82, 2.24) is 20.2 Å². The van der Waals surface area contributed by atoms with Crippen molar-refractivity contribution in [1.29, 1.82) is 0 Å². The van der Waals surface area contributed by atoms with E-state index in [2.05, 4.69) is 26.3 Å². The Morgan fingerprint density at radius 3 is 2.75 bits per heavy atom. The van der Waals surface area contributed by atoms with Gasteiger partial charge in [-0.05, 0) is 32.5 Å². The molecule has 2 heterocycles. The van der Waals surface area contributed by atoms with Crippen LogP contribution in [0.3, 0.4) is 0 Å². The molecule has 1 unspecified atom stereocenters. The van der Waals surface area contributed by atoms with Crippen LogP contribution in [-0.4, -0.2) is 41.4 Å². The number of aromatic nitrogens is 2. The largest absolute Gasteiger partial charge is 0.349 e. The zero-order chi connectivity index (χ0) is 14.5. The van der Waals surface area contributed by atoms with Crippen molar-refractivity contribution in [2.24, 2.45) is 0 Å². The van der Waals surface area contributed by atoms with Crippen LogP contribution in [0.1, 0.15) is 27.1 Å². The molecule has 1 atom stereocenters. The maximum absolute atomic E-state index is 12.0. The summed E-state index contributed by atoms with van der Waals surface area (Å²) in [6.45, 7) is 2.38. The summed E-state index contributed by atoms with van der Waals surface area (Å²) in [7, 11) is 4.00. The predicted molar refractivity (Wildman–Crippen MR) is 79.8 cm³/mol. The van der Waals surface area contributed by atoms with Crippen LogP contribution in [0.2, 0.25) is 0 Å². The van der Waals surface area contributed by atoms with Gasteiger partial charge in [-0.15, -0.1) is 11.3 Å². The Kier molecular flexibility index (Phi) is 4.81. The van der Waals surface area contributed by atoms with E-state index < -0.39 is 0 Å². The zero-order valence-corrected chi connectivity index (χ0v) is 12.6. The average Bonchev–Trinajstić information content (AvgIpc) is 2.93. The van der Waals surface area contributed by atoms with Gasteiger partial charge in [-0.1, -0.05) is 6.07 Å². The molecule has 2 aromatic heterocycles. The van der Waals surface area contributed by atoms with Gasteiger partial charge in [0.2, 0.25) is 0 Å². The number of hydrogen-bond acceptors (Lipinski definition) is 5. The third kappa shape index (κ3) is 3.61. The van der Waals surface area contributed by atoms with Crippen molar-refractivity contribution >= 4 is 17.2 Å². The average molecular weight is 290 g/mol. The van der Waals surface area contributed by atoms with Crippen molar-refractivity contribution < 1.29 is 4.79 Å². The topological polar surface area (TPSA) is 58.1 Å². The number of hydrogen-bond donors (Lipinski definition) is 1. The molecule has 0 bridgehead atoms. The second-order valence-electron chi connectivity index (χ2n) is 4.75. The highest BCUT2D eigenvalue weighted by atomic mass is 32.1. The minimum atomic E-state index is -0.194. The third-order valence-electron chi connectivity index (χ3n) is 2.96. The molecule has 6 heteroatoms. The Morgan fingerprint density at radius 2 is 2.20 bits per heavy atom. The van der Waals surface area contributed by atoms with Crippen molar-refractivity contribution in [3.05, 3.63) is 46.2 Å². The van der Waals surface area contributed by atoms with Crippen LogP contribution >= 0.6 is 11.3 Å². The van der Waals surface area contributed by atoms with E-state index in [1.165, 1.54) is 11.1 Å². The molecule has 0 saturated heterocycles. The Hall–Kier alpha value is -1.79. The van der Waals surface area contributed by atoms with Gasteiger partial charge in [0.25, 0.3) is 5.91 Å². The molecule has 0 fully saturated rings. The quantitative estimate of drug-likeness (QED) is 0.913. The normalized spacial score (nSPS) is 12.4. The molecule has 0 radical (unpaired) electrons. The van der Waals surface area contributed by atoms with Gasteiger partial charge in [0.15, 0.2) is 0 Å². The number of likely N-dealkylation sites (N-methyl/N-ethyl adjacent to an activating group) is 1. The molecule has 1 amide bonds. The first-order chi connectivity index (χ1) is 9.58. The van der Waals surface area contributed by atoms with Crippen molar-refractivity contribution in [2.75, 3.05) is 20.6 Å². The number of carbonyl (C=O) groups excluding carboxylic acids is 1. The van der Waals surface area contributed by atoms with Crippen LogP contribution in [0.15, 0.2) is 29.9 Å². The molecule has 0 aliphatic carbocycles. The van der Waals surface area contributed by atoms with Crippen LogP contribution in [0.25, 0.3) is 0 Å². The highest BCUT2D eigenvalue weighted by molar-refractivity contribution is 7.10. The highest BCUT2D eigenvalue weighted by Crippen LogP contribution is 2.22. The lowest BCUT2D eigenvalue weighted by atomic mass is 10.2. The Morgan fingerprint density at radius 1 is 1.40 bits per heavy atom. The number of thiophene rings is 1. The molecule has 0 aliphatic rings. The number of rotatable bonds is 5. The minimum Gasteiger partial charge on any atom is -0.349 e. The summed E-state index contributed by atoms with van der Waals surface area (Å²) in [6.07, 6.45) is 3.10. The molecule has 20 heavy (non-hydrogen) atoms. The molecule has 1 N–H and O–H groups in total. The van der Waals surface area contributed by atoms with Crippen LogP contribution in [0.5, 0.6) is 0 Å². The molecular formula is C14H18N4OS. The Bertz CT molecular complexity index is 551. The maximum atomic E-state index is 12.0. The lowest BCUT2D eigenvalue weighted by Gasteiger charge is -2.23. The first-order valence-corrected chi connectivity index (χ1v) is 7.22. The van der Waals surface area contributed by atoms with Gasteiger partial charge in [-0.3, -0.25) is 9.78 Å². The van der Waals surface area contributed by atoms with Crippen LogP contribution < -0.4 is 5.32 Å². The molecule has 2 aromatic rings. The summed E-state index contributed by atoms with van der Waals surface area (Å²) in [5, 5.41) is 4.95. The fourth-order valence-corrected chi connectivity index (χ4v) is 2.73. The SMILES string of the molecule is Cc1cnc(C(=O)NCC(c2cccs2)N(C)C)cn1. The van der Waals surface area contributed by atoms with Crippen LogP contribution in [0, 0.1) is 6.92 Å². The highest BCUT2D eigenvalue weighted by Gasteiger charge is 2.17. The van der Waals surface area contributed by atoms with E-state index in [1.807, 2.05) is 32.5 Å². The molecule has 0 spiro atoms. The van der Waals surface area contributed by atoms with Gasteiger partial charge in [0.05, 0.1) is 17.9 Å². The third-order valence-corrected chi connectivity index (χ3v) is 3.94. The van der Waals surface area contributed by atoms with Gasteiger partial charge >= 0.3 is 0 Å². The van der Waals surface area contributed by atoms with E-state index in [4.69, 9.17) is 0 Å².